The minimum atomic E-state index is 0.362. The summed E-state index contributed by atoms with van der Waals surface area (Å²) >= 11 is 1.86. The van der Waals surface area contributed by atoms with E-state index in [1.807, 2.05) is 18.7 Å². The molecule has 0 aromatic carbocycles. The molecule has 0 spiro atoms. The van der Waals surface area contributed by atoms with Gasteiger partial charge < -0.3 is 15.5 Å². The Balaban J connectivity index is 2.10. The van der Waals surface area contributed by atoms with Crippen molar-refractivity contribution in [1.29, 1.82) is 0 Å². The van der Waals surface area contributed by atoms with Gasteiger partial charge in [-0.3, -0.25) is 0 Å². The van der Waals surface area contributed by atoms with E-state index in [1.165, 1.54) is 12.8 Å². The van der Waals surface area contributed by atoms with Gasteiger partial charge in [0.15, 0.2) is 0 Å². The summed E-state index contributed by atoms with van der Waals surface area (Å²) in [5.41, 5.74) is 0. The van der Waals surface area contributed by atoms with E-state index in [0.717, 1.165) is 37.8 Å². The first-order valence-electron chi connectivity index (χ1n) is 7.73. The Morgan fingerprint density at radius 1 is 1.19 bits per heavy atom. The molecule has 0 bridgehead atoms. The van der Waals surface area contributed by atoms with Crippen molar-refractivity contribution in [2.45, 2.75) is 39.2 Å². The first-order valence-corrected chi connectivity index (χ1v) is 9.12. The van der Waals surface area contributed by atoms with Crippen LogP contribution in [0.25, 0.3) is 0 Å². The summed E-state index contributed by atoms with van der Waals surface area (Å²) in [6, 6.07) is 0.362. The molecular formula is C14H26N6S. The number of nitrogens with zero attached hydrogens (tertiary/aromatic N) is 4. The zero-order chi connectivity index (χ0) is 15.1. The zero-order valence-electron chi connectivity index (χ0n) is 13.2. The summed E-state index contributed by atoms with van der Waals surface area (Å²) in [5.74, 6) is 3.27. The Morgan fingerprint density at radius 3 is 2.57 bits per heavy atom. The average molecular weight is 310 g/mol. The summed E-state index contributed by atoms with van der Waals surface area (Å²) in [5, 5.41) is 6.59. The lowest BCUT2D eigenvalue weighted by molar-refractivity contribution is 0.755. The molecule has 0 saturated carbocycles. The van der Waals surface area contributed by atoms with E-state index >= 15 is 0 Å². The van der Waals surface area contributed by atoms with E-state index in [1.54, 1.807) is 0 Å². The molecule has 1 atom stereocenters. The van der Waals surface area contributed by atoms with Gasteiger partial charge in [-0.25, -0.2) is 0 Å². The molecule has 1 aliphatic heterocycles. The molecule has 2 rings (SSSR count). The highest BCUT2D eigenvalue weighted by molar-refractivity contribution is 7.98. The van der Waals surface area contributed by atoms with Crippen LogP contribution in [0.15, 0.2) is 0 Å². The Kier molecular flexibility index (Phi) is 6.35. The van der Waals surface area contributed by atoms with E-state index in [4.69, 9.17) is 0 Å². The van der Waals surface area contributed by atoms with E-state index in [-0.39, 0.29) is 0 Å². The van der Waals surface area contributed by atoms with Crippen LogP contribution in [-0.2, 0) is 0 Å². The van der Waals surface area contributed by atoms with Crippen molar-refractivity contribution in [1.82, 2.24) is 15.0 Å². The van der Waals surface area contributed by atoms with Crippen molar-refractivity contribution in [3.63, 3.8) is 0 Å². The highest BCUT2D eigenvalue weighted by Crippen LogP contribution is 2.19. The van der Waals surface area contributed by atoms with Crippen molar-refractivity contribution < 1.29 is 0 Å². The Morgan fingerprint density at radius 2 is 1.90 bits per heavy atom. The molecule has 1 saturated heterocycles. The van der Waals surface area contributed by atoms with Gasteiger partial charge in [-0.1, -0.05) is 0 Å². The topological polar surface area (TPSA) is 66.0 Å². The minimum Gasteiger partial charge on any atom is -0.354 e. The molecule has 0 amide bonds. The number of hydrogen-bond donors (Lipinski definition) is 2. The Bertz CT molecular complexity index is 435. The molecule has 7 heteroatoms. The summed E-state index contributed by atoms with van der Waals surface area (Å²) in [6.45, 7) is 7.11. The third-order valence-electron chi connectivity index (χ3n) is 3.48. The third-order valence-corrected chi connectivity index (χ3v) is 4.12. The first kappa shape index (κ1) is 16.1. The van der Waals surface area contributed by atoms with E-state index in [9.17, 15) is 0 Å². The van der Waals surface area contributed by atoms with E-state index in [2.05, 4.69) is 43.7 Å². The number of aromatic nitrogens is 3. The van der Waals surface area contributed by atoms with Gasteiger partial charge in [-0.15, -0.1) is 0 Å². The smallest absolute Gasteiger partial charge is 0.231 e. The standard InChI is InChI=1S/C14H26N6S/c1-4-15-12-17-13(16-11(2)7-10-21-3)19-14(18-12)20-8-5-6-9-20/h11H,4-10H2,1-3H3,(H2,15,16,17,18,19). The van der Waals surface area contributed by atoms with Crippen molar-refractivity contribution in [3.05, 3.63) is 0 Å². The SMILES string of the molecule is CCNc1nc(NC(C)CCSC)nc(N2CCCC2)n1. The largest absolute Gasteiger partial charge is 0.354 e. The number of rotatable bonds is 8. The fraction of sp³-hybridized carbons (Fsp3) is 0.786. The van der Waals surface area contributed by atoms with Crippen LogP contribution in [0.4, 0.5) is 17.8 Å². The van der Waals surface area contributed by atoms with Crippen molar-refractivity contribution in [2.24, 2.45) is 0 Å². The second kappa shape index (κ2) is 8.26. The summed E-state index contributed by atoms with van der Waals surface area (Å²) in [6.07, 6.45) is 5.66. The van der Waals surface area contributed by atoms with Crippen LogP contribution >= 0.6 is 11.8 Å². The van der Waals surface area contributed by atoms with Crippen LogP contribution in [0.2, 0.25) is 0 Å². The maximum atomic E-state index is 4.59. The molecule has 1 fully saturated rings. The quantitative estimate of drug-likeness (QED) is 0.764. The monoisotopic (exact) mass is 310 g/mol. The molecule has 1 aromatic heterocycles. The lowest BCUT2D eigenvalue weighted by Gasteiger charge is -2.18. The highest BCUT2D eigenvalue weighted by Gasteiger charge is 2.17. The van der Waals surface area contributed by atoms with Crippen molar-refractivity contribution in [3.8, 4) is 0 Å². The number of nitrogens with one attached hydrogen (secondary N) is 2. The predicted octanol–water partition coefficient (Wildman–Crippen LogP) is 2.46. The van der Waals surface area contributed by atoms with Gasteiger partial charge in [0.2, 0.25) is 17.8 Å². The van der Waals surface area contributed by atoms with Gasteiger partial charge in [-0.05, 0) is 45.1 Å². The van der Waals surface area contributed by atoms with Crippen LogP contribution in [0.5, 0.6) is 0 Å². The summed E-state index contributed by atoms with van der Waals surface area (Å²) in [7, 11) is 0. The fourth-order valence-corrected chi connectivity index (χ4v) is 2.90. The van der Waals surface area contributed by atoms with E-state index < -0.39 is 0 Å². The third kappa shape index (κ3) is 4.91. The predicted molar refractivity (Wildman–Crippen MR) is 91.5 cm³/mol. The Labute approximate surface area is 131 Å². The molecule has 21 heavy (non-hydrogen) atoms. The first-order chi connectivity index (χ1) is 10.2. The van der Waals surface area contributed by atoms with Gasteiger partial charge in [0.05, 0.1) is 0 Å². The highest BCUT2D eigenvalue weighted by atomic mass is 32.2. The second-order valence-electron chi connectivity index (χ2n) is 5.33. The van der Waals surface area contributed by atoms with Crippen LogP contribution in [-0.4, -0.2) is 52.6 Å². The van der Waals surface area contributed by atoms with Crippen LogP contribution in [0.3, 0.4) is 0 Å². The lowest BCUT2D eigenvalue weighted by Crippen LogP contribution is -2.24. The molecule has 2 N–H and O–H groups in total. The van der Waals surface area contributed by atoms with Crippen LogP contribution in [0, 0.1) is 0 Å². The Hall–Kier alpha value is -1.24. The van der Waals surface area contributed by atoms with E-state index in [0.29, 0.717) is 17.9 Å². The van der Waals surface area contributed by atoms with Gasteiger partial charge in [-0.2, -0.15) is 26.7 Å². The van der Waals surface area contributed by atoms with Gasteiger partial charge in [0.1, 0.15) is 0 Å². The van der Waals surface area contributed by atoms with Crippen molar-refractivity contribution >= 4 is 29.6 Å². The lowest BCUT2D eigenvalue weighted by atomic mass is 10.3. The molecule has 0 radical (unpaired) electrons. The van der Waals surface area contributed by atoms with Crippen LogP contribution in [0.1, 0.15) is 33.1 Å². The maximum absolute atomic E-state index is 4.59. The number of anilines is 3. The molecule has 118 valence electrons. The van der Waals surface area contributed by atoms with Gasteiger partial charge >= 0.3 is 0 Å². The molecule has 1 unspecified atom stereocenters. The molecule has 0 aliphatic carbocycles. The number of thioether (sulfide) groups is 1. The maximum Gasteiger partial charge on any atom is 0.231 e. The second-order valence-corrected chi connectivity index (χ2v) is 6.32. The minimum absolute atomic E-state index is 0.362. The molecule has 1 aliphatic rings. The summed E-state index contributed by atoms with van der Waals surface area (Å²) < 4.78 is 0. The van der Waals surface area contributed by atoms with Crippen molar-refractivity contribution in [2.75, 3.05) is 47.2 Å². The zero-order valence-corrected chi connectivity index (χ0v) is 14.0. The molecule has 2 heterocycles. The normalized spacial score (nSPS) is 16.0. The van der Waals surface area contributed by atoms with Gasteiger partial charge in [0, 0.05) is 25.7 Å². The molecule has 1 aromatic rings. The number of hydrogen-bond acceptors (Lipinski definition) is 7. The summed E-state index contributed by atoms with van der Waals surface area (Å²) in [4.78, 5) is 15.8. The van der Waals surface area contributed by atoms with Gasteiger partial charge in [0.25, 0.3) is 0 Å². The average Bonchev–Trinajstić information content (AvgIpc) is 2.99. The van der Waals surface area contributed by atoms with Crippen LogP contribution < -0.4 is 15.5 Å². The molecular weight excluding hydrogens is 284 g/mol. The fourth-order valence-electron chi connectivity index (χ4n) is 2.31. The molecule has 6 nitrogen and oxygen atoms in total.